The molecule has 1 atom stereocenters. The van der Waals surface area contributed by atoms with Gasteiger partial charge in [-0.2, -0.15) is 18.4 Å². The Morgan fingerprint density at radius 2 is 1.85 bits per heavy atom. The Kier molecular flexibility index (Phi) is 3.93. The van der Waals surface area contributed by atoms with Gasteiger partial charge in [0.15, 0.2) is 5.11 Å². The van der Waals surface area contributed by atoms with E-state index in [-0.39, 0.29) is 16.7 Å². The van der Waals surface area contributed by atoms with E-state index in [4.69, 9.17) is 17.5 Å². The highest BCUT2D eigenvalue weighted by molar-refractivity contribution is 7.80. The summed E-state index contributed by atoms with van der Waals surface area (Å²) in [6, 6.07) is 11.9. The lowest BCUT2D eigenvalue weighted by Gasteiger charge is -2.30. The quantitative estimate of drug-likeness (QED) is 0.701. The molecule has 2 heterocycles. The summed E-state index contributed by atoms with van der Waals surface area (Å²) in [6.45, 7) is 0.435. The van der Waals surface area contributed by atoms with Crippen LogP contribution in [-0.4, -0.2) is 22.0 Å². The van der Waals surface area contributed by atoms with Gasteiger partial charge in [-0.15, -0.1) is 0 Å². The van der Waals surface area contributed by atoms with Crippen molar-refractivity contribution >= 4 is 28.9 Å². The maximum Gasteiger partial charge on any atom is 0.417 e. The van der Waals surface area contributed by atoms with Gasteiger partial charge in [0.05, 0.1) is 22.9 Å². The Bertz CT molecular complexity index is 969. The van der Waals surface area contributed by atoms with Gasteiger partial charge in [-0.1, -0.05) is 24.3 Å². The van der Waals surface area contributed by atoms with Crippen molar-refractivity contribution in [3.05, 3.63) is 64.7 Å². The predicted molar refractivity (Wildman–Crippen MR) is 95.7 cm³/mol. The molecule has 8 heteroatoms. The number of halogens is 3. The molecule has 136 valence electrons. The third-order valence-corrected chi connectivity index (χ3v) is 5.30. The molecule has 0 radical (unpaired) electrons. The van der Waals surface area contributed by atoms with Crippen molar-refractivity contribution in [2.24, 2.45) is 0 Å². The minimum Gasteiger partial charge on any atom is -0.332 e. The first-order valence-corrected chi connectivity index (χ1v) is 8.55. The van der Waals surface area contributed by atoms with Gasteiger partial charge in [0.25, 0.3) is 5.91 Å². The summed E-state index contributed by atoms with van der Waals surface area (Å²) in [5.41, 5.74) is 0.532. The molecule has 0 N–H and O–H groups in total. The maximum absolute atomic E-state index is 13.3. The lowest BCUT2D eigenvalue weighted by Crippen LogP contribution is -2.39. The van der Waals surface area contributed by atoms with Crippen LogP contribution in [0, 0.1) is 11.3 Å². The molecule has 4 rings (SSSR count). The number of rotatable bonds is 1. The number of alkyl halides is 3. The van der Waals surface area contributed by atoms with E-state index in [0.29, 0.717) is 13.0 Å². The first-order valence-electron chi connectivity index (χ1n) is 8.14. The van der Waals surface area contributed by atoms with Crippen molar-refractivity contribution in [2.75, 3.05) is 4.90 Å². The molecule has 1 amide bonds. The van der Waals surface area contributed by atoms with Crippen molar-refractivity contribution in [1.82, 2.24) is 4.90 Å². The number of benzene rings is 2. The molecular weight excluding hydrogens is 375 g/mol. The lowest BCUT2D eigenvalue weighted by atomic mass is 9.95. The van der Waals surface area contributed by atoms with Crippen LogP contribution in [0.4, 0.5) is 18.9 Å². The molecule has 2 aliphatic rings. The van der Waals surface area contributed by atoms with Crippen LogP contribution >= 0.6 is 12.2 Å². The van der Waals surface area contributed by atoms with Gasteiger partial charge in [0.2, 0.25) is 0 Å². The zero-order valence-corrected chi connectivity index (χ0v) is 14.6. The Morgan fingerprint density at radius 1 is 1.15 bits per heavy atom. The number of hydrogen-bond donors (Lipinski definition) is 0. The number of thiocarbonyl (C=S) groups is 1. The average Bonchev–Trinajstić information content (AvgIpc) is 2.89. The molecule has 1 fully saturated rings. The number of fused-ring (bicyclic) bond motifs is 2. The van der Waals surface area contributed by atoms with Crippen molar-refractivity contribution in [3.63, 3.8) is 0 Å². The third-order valence-electron chi connectivity index (χ3n) is 4.88. The van der Waals surface area contributed by atoms with Gasteiger partial charge in [-0.25, -0.2) is 0 Å². The molecule has 1 unspecified atom stereocenters. The first kappa shape index (κ1) is 17.5. The third kappa shape index (κ3) is 2.75. The van der Waals surface area contributed by atoms with E-state index in [1.165, 1.54) is 12.1 Å². The smallest absolute Gasteiger partial charge is 0.332 e. The van der Waals surface area contributed by atoms with Gasteiger partial charge >= 0.3 is 6.18 Å². The molecule has 0 bridgehead atoms. The van der Waals surface area contributed by atoms with Crippen LogP contribution < -0.4 is 4.90 Å². The minimum absolute atomic E-state index is 0.0229. The summed E-state index contributed by atoms with van der Waals surface area (Å²) in [5, 5.41) is 9.12. The van der Waals surface area contributed by atoms with Crippen LogP contribution in [0.2, 0.25) is 0 Å². The zero-order valence-electron chi connectivity index (χ0n) is 13.8. The molecule has 0 aromatic heterocycles. The molecule has 2 aromatic carbocycles. The van der Waals surface area contributed by atoms with Crippen LogP contribution in [0.5, 0.6) is 0 Å². The van der Waals surface area contributed by atoms with Crippen LogP contribution in [0.1, 0.15) is 22.3 Å². The summed E-state index contributed by atoms with van der Waals surface area (Å²) in [5.74, 6) is -0.354. The topological polar surface area (TPSA) is 47.3 Å². The molecule has 0 aliphatic carbocycles. The van der Waals surface area contributed by atoms with Crippen LogP contribution in [0.15, 0.2) is 42.5 Å². The van der Waals surface area contributed by atoms with Crippen LogP contribution in [-0.2, 0) is 23.9 Å². The van der Waals surface area contributed by atoms with E-state index in [2.05, 4.69) is 0 Å². The standard InChI is InChI=1S/C19H12F3N3OS/c20-19(21,22)15-8-14(6-5-12(15)9-23)25-17(26)16-7-11-3-1-2-4-13(11)10-24(16)18(25)27/h1-6,8,16H,7,10H2. The fraction of sp³-hybridized carbons (Fsp3) is 0.211. The van der Waals surface area contributed by atoms with Gasteiger partial charge in [-0.05, 0) is 41.5 Å². The maximum atomic E-state index is 13.3. The Balaban J connectivity index is 1.74. The van der Waals surface area contributed by atoms with E-state index in [1.807, 2.05) is 24.3 Å². The number of nitriles is 1. The van der Waals surface area contributed by atoms with Crippen molar-refractivity contribution in [3.8, 4) is 6.07 Å². The molecule has 0 saturated carbocycles. The van der Waals surface area contributed by atoms with E-state index in [1.54, 1.807) is 4.90 Å². The van der Waals surface area contributed by atoms with Gasteiger partial charge in [0, 0.05) is 13.0 Å². The SMILES string of the molecule is N#Cc1ccc(N2C(=O)C3Cc4ccccc4CN3C2=S)cc1C(F)(F)F. The summed E-state index contributed by atoms with van der Waals surface area (Å²) < 4.78 is 39.8. The normalized spacial score (nSPS) is 19.0. The summed E-state index contributed by atoms with van der Waals surface area (Å²) in [6.07, 6.45) is -4.25. The lowest BCUT2D eigenvalue weighted by molar-refractivity contribution is -0.137. The highest BCUT2D eigenvalue weighted by Gasteiger charge is 2.46. The Morgan fingerprint density at radius 3 is 2.52 bits per heavy atom. The fourth-order valence-electron chi connectivity index (χ4n) is 3.56. The minimum atomic E-state index is -4.70. The predicted octanol–water partition coefficient (Wildman–Crippen LogP) is 3.64. The summed E-state index contributed by atoms with van der Waals surface area (Å²) in [7, 11) is 0. The molecular formula is C19H12F3N3OS. The Labute approximate surface area is 158 Å². The number of anilines is 1. The zero-order chi connectivity index (χ0) is 19.3. The van der Waals surface area contributed by atoms with Crippen molar-refractivity contribution < 1.29 is 18.0 Å². The number of amides is 1. The van der Waals surface area contributed by atoms with Gasteiger partial charge in [0.1, 0.15) is 6.04 Å². The number of carbonyl (C=O) groups excluding carboxylic acids is 1. The van der Waals surface area contributed by atoms with Gasteiger partial charge < -0.3 is 4.90 Å². The molecule has 2 aromatic rings. The van der Waals surface area contributed by atoms with Gasteiger partial charge in [-0.3, -0.25) is 9.69 Å². The molecule has 4 nitrogen and oxygen atoms in total. The largest absolute Gasteiger partial charge is 0.417 e. The van der Waals surface area contributed by atoms with Crippen LogP contribution in [0.3, 0.4) is 0 Å². The highest BCUT2D eigenvalue weighted by Crippen LogP contribution is 2.37. The number of carbonyl (C=O) groups is 1. The fourth-order valence-corrected chi connectivity index (χ4v) is 3.94. The molecule has 1 saturated heterocycles. The second kappa shape index (κ2) is 6.06. The number of hydrogen-bond acceptors (Lipinski definition) is 3. The first-order chi connectivity index (χ1) is 12.8. The Hall–Kier alpha value is -2.92. The molecule has 0 spiro atoms. The average molecular weight is 387 g/mol. The van der Waals surface area contributed by atoms with E-state index < -0.39 is 23.3 Å². The second-order valence-electron chi connectivity index (χ2n) is 6.41. The van der Waals surface area contributed by atoms with Crippen LogP contribution in [0.25, 0.3) is 0 Å². The molecule has 2 aliphatic heterocycles. The monoisotopic (exact) mass is 387 g/mol. The van der Waals surface area contributed by atoms with Crippen molar-refractivity contribution in [1.29, 1.82) is 5.26 Å². The van der Waals surface area contributed by atoms with E-state index in [9.17, 15) is 18.0 Å². The summed E-state index contributed by atoms with van der Waals surface area (Å²) in [4.78, 5) is 15.8. The second-order valence-corrected chi connectivity index (χ2v) is 6.78. The van der Waals surface area contributed by atoms with Crippen molar-refractivity contribution in [2.45, 2.75) is 25.2 Å². The van der Waals surface area contributed by atoms with E-state index >= 15 is 0 Å². The highest BCUT2D eigenvalue weighted by atomic mass is 32.1. The summed E-state index contributed by atoms with van der Waals surface area (Å²) >= 11 is 5.41. The van der Waals surface area contributed by atoms with E-state index in [0.717, 1.165) is 28.2 Å². The molecule has 27 heavy (non-hydrogen) atoms. The number of nitrogens with zero attached hydrogens (tertiary/aromatic N) is 3.